The Morgan fingerprint density at radius 1 is 1.00 bits per heavy atom. The highest BCUT2D eigenvalue weighted by Gasteiger charge is 2.19. The van der Waals surface area contributed by atoms with Gasteiger partial charge in [0.1, 0.15) is 5.75 Å². The summed E-state index contributed by atoms with van der Waals surface area (Å²) in [5.74, 6) is -2.13. The lowest BCUT2D eigenvalue weighted by Gasteiger charge is -2.09. The van der Waals surface area contributed by atoms with Crippen LogP contribution in [0.5, 0.6) is 5.75 Å². The average molecular weight is 327 g/mol. The first kappa shape index (κ1) is 17.0. The molecule has 0 saturated heterocycles. The predicted octanol–water partition coefficient (Wildman–Crippen LogP) is 0.850. The molecule has 0 radical (unpaired) electrons. The van der Waals surface area contributed by atoms with Gasteiger partial charge in [0, 0.05) is 17.8 Å². The van der Waals surface area contributed by atoms with Gasteiger partial charge in [-0.25, -0.2) is 0 Å². The van der Waals surface area contributed by atoms with Gasteiger partial charge in [0.15, 0.2) is 0 Å². The fourth-order valence-corrected chi connectivity index (χ4v) is 2.04. The molecule has 3 amide bonds. The molecule has 0 spiro atoms. The van der Waals surface area contributed by atoms with E-state index in [1.54, 1.807) is 36.4 Å². The normalized spacial score (nSPS) is 9.88. The van der Waals surface area contributed by atoms with Crippen molar-refractivity contribution in [1.29, 1.82) is 0 Å². The van der Waals surface area contributed by atoms with Crippen molar-refractivity contribution in [3.63, 3.8) is 0 Å². The molecule has 0 bridgehead atoms. The van der Waals surface area contributed by atoms with E-state index in [9.17, 15) is 14.4 Å². The van der Waals surface area contributed by atoms with Gasteiger partial charge in [-0.05, 0) is 18.2 Å². The summed E-state index contributed by atoms with van der Waals surface area (Å²) < 4.78 is 5.15. The van der Waals surface area contributed by atoms with E-state index in [2.05, 4.69) is 5.32 Å². The zero-order valence-electron chi connectivity index (χ0n) is 13.0. The number of carbonyl (C=O) groups is 3. The Hall–Kier alpha value is -3.35. The van der Waals surface area contributed by atoms with Crippen LogP contribution in [0.1, 0.15) is 15.9 Å². The van der Waals surface area contributed by atoms with Crippen molar-refractivity contribution in [3.05, 3.63) is 59.7 Å². The minimum atomic E-state index is -1.06. The fraction of sp³-hybridized carbons (Fsp3) is 0.118. The Labute approximate surface area is 138 Å². The molecule has 2 rings (SSSR count). The molecule has 124 valence electrons. The van der Waals surface area contributed by atoms with Gasteiger partial charge < -0.3 is 15.8 Å². The summed E-state index contributed by atoms with van der Waals surface area (Å²) in [6.07, 6.45) is 0. The second kappa shape index (κ2) is 7.77. The van der Waals surface area contributed by atoms with E-state index in [1.807, 2.05) is 5.32 Å². The van der Waals surface area contributed by atoms with Crippen LogP contribution >= 0.6 is 0 Å². The topological polar surface area (TPSA) is 111 Å². The van der Waals surface area contributed by atoms with Crippen LogP contribution in [0, 0.1) is 0 Å². The summed E-state index contributed by atoms with van der Waals surface area (Å²) in [7, 11) is 1.51. The zero-order valence-corrected chi connectivity index (χ0v) is 13.0. The summed E-state index contributed by atoms with van der Waals surface area (Å²) in [6.45, 7) is 0.0952. The van der Waals surface area contributed by atoms with Crippen molar-refractivity contribution in [2.45, 2.75) is 6.54 Å². The maximum Gasteiger partial charge on any atom is 0.316 e. The largest absolute Gasteiger partial charge is 0.496 e. The van der Waals surface area contributed by atoms with E-state index < -0.39 is 17.7 Å². The van der Waals surface area contributed by atoms with Crippen LogP contribution in [0.2, 0.25) is 0 Å². The highest BCUT2D eigenvalue weighted by Crippen LogP contribution is 2.16. The molecule has 0 fully saturated rings. The number of anilines is 1. The number of benzene rings is 2. The molecule has 24 heavy (non-hydrogen) atoms. The molecule has 0 aromatic heterocycles. The number of methoxy groups -OCH3 is 1. The van der Waals surface area contributed by atoms with E-state index in [0.717, 1.165) is 0 Å². The van der Waals surface area contributed by atoms with E-state index in [4.69, 9.17) is 10.5 Å². The Kier molecular flexibility index (Phi) is 5.51. The van der Waals surface area contributed by atoms with Gasteiger partial charge in [0.05, 0.1) is 12.7 Å². The van der Waals surface area contributed by atoms with Crippen LogP contribution in [-0.2, 0) is 16.1 Å². The SMILES string of the molecule is COc1ccccc1CNC(=O)C(=O)NC(=O)c1ccccc1N. The number of carbonyl (C=O) groups excluding carboxylic acids is 3. The average Bonchev–Trinajstić information content (AvgIpc) is 2.60. The molecule has 7 heteroatoms. The molecule has 2 aromatic carbocycles. The first-order valence-electron chi connectivity index (χ1n) is 7.13. The fourth-order valence-electron chi connectivity index (χ4n) is 2.04. The zero-order chi connectivity index (χ0) is 17.5. The minimum Gasteiger partial charge on any atom is -0.496 e. The quantitative estimate of drug-likeness (QED) is 0.569. The number of amides is 3. The number of para-hydroxylation sites is 2. The predicted molar refractivity (Wildman–Crippen MR) is 88.2 cm³/mol. The first-order valence-corrected chi connectivity index (χ1v) is 7.13. The number of nitrogen functional groups attached to an aromatic ring is 1. The van der Waals surface area contributed by atoms with Crippen molar-refractivity contribution in [2.75, 3.05) is 12.8 Å². The number of hydrogen-bond acceptors (Lipinski definition) is 5. The van der Waals surface area contributed by atoms with E-state index in [-0.39, 0.29) is 17.8 Å². The van der Waals surface area contributed by atoms with Gasteiger partial charge in [-0.1, -0.05) is 30.3 Å². The molecule has 7 nitrogen and oxygen atoms in total. The molecule has 4 N–H and O–H groups in total. The standard InChI is InChI=1S/C17H17N3O4/c1-24-14-9-5-2-6-11(14)10-19-16(22)17(23)20-15(21)12-7-3-4-8-13(12)18/h2-9H,10,18H2,1H3,(H,19,22)(H,20,21,23). The van der Waals surface area contributed by atoms with Gasteiger partial charge >= 0.3 is 11.8 Å². The van der Waals surface area contributed by atoms with Crippen LogP contribution in [0.4, 0.5) is 5.69 Å². The maximum absolute atomic E-state index is 11.9. The van der Waals surface area contributed by atoms with E-state index in [0.29, 0.717) is 11.3 Å². The van der Waals surface area contributed by atoms with Gasteiger partial charge in [0.2, 0.25) is 0 Å². The summed E-state index contributed by atoms with van der Waals surface area (Å²) in [5, 5.41) is 4.43. The highest BCUT2D eigenvalue weighted by molar-refractivity contribution is 6.38. The van der Waals surface area contributed by atoms with Gasteiger partial charge in [-0.3, -0.25) is 19.7 Å². The molecule has 0 atom stereocenters. The lowest BCUT2D eigenvalue weighted by atomic mass is 10.1. The van der Waals surface area contributed by atoms with Gasteiger partial charge in [-0.15, -0.1) is 0 Å². The number of ether oxygens (including phenoxy) is 1. The van der Waals surface area contributed by atoms with Crippen LogP contribution < -0.4 is 21.1 Å². The van der Waals surface area contributed by atoms with Gasteiger partial charge in [-0.2, -0.15) is 0 Å². The molecule has 0 unspecified atom stereocenters. The molecule has 0 saturated carbocycles. The van der Waals surface area contributed by atoms with Gasteiger partial charge in [0.25, 0.3) is 5.91 Å². The number of imide groups is 1. The summed E-state index contributed by atoms with van der Waals surface area (Å²) >= 11 is 0. The smallest absolute Gasteiger partial charge is 0.316 e. The summed E-state index contributed by atoms with van der Waals surface area (Å²) in [6, 6.07) is 13.3. The van der Waals surface area contributed by atoms with Crippen LogP contribution in [0.15, 0.2) is 48.5 Å². The summed E-state index contributed by atoms with van der Waals surface area (Å²) in [4.78, 5) is 35.6. The third-order valence-corrected chi connectivity index (χ3v) is 3.27. The molecular weight excluding hydrogens is 310 g/mol. The minimum absolute atomic E-state index is 0.0952. The monoisotopic (exact) mass is 327 g/mol. The highest BCUT2D eigenvalue weighted by atomic mass is 16.5. The molecule has 0 heterocycles. The second-order valence-corrected chi connectivity index (χ2v) is 4.87. The second-order valence-electron chi connectivity index (χ2n) is 4.87. The number of nitrogens with two attached hydrogens (primary N) is 1. The lowest BCUT2D eigenvalue weighted by Crippen LogP contribution is -2.42. The number of hydrogen-bond donors (Lipinski definition) is 3. The maximum atomic E-state index is 11.9. The van der Waals surface area contributed by atoms with Crippen molar-refractivity contribution >= 4 is 23.4 Å². The first-order chi connectivity index (χ1) is 11.5. The van der Waals surface area contributed by atoms with Crippen molar-refractivity contribution in [3.8, 4) is 5.75 Å². The van der Waals surface area contributed by atoms with Crippen LogP contribution in [0.3, 0.4) is 0 Å². The number of rotatable bonds is 4. The Morgan fingerprint density at radius 3 is 2.38 bits per heavy atom. The molecule has 0 aliphatic carbocycles. The molecule has 2 aromatic rings. The van der Waals surface area contributed by atoms with Crippen molar-refractivity contribution in [2.24, 2.45) is 0 Å². The van der Waals surface area contributed by atoms with Crippen molar-refractivity contribution < 1.29 is 19.1 Å². The number of nitrogens with one attached hydrogen (secondary N) is 2. The Balaban J connectivity index is 1.94. The molecular formula is C17H17N3O4. The van der Waals surface area contributed by atoms with E-state index >= 15 is 0 Å². The molecule has 0 aliphatic heterocycles. The van der Waals surface area contributed by atoms with E-state index in [1.165, 1.54) is 19.2 Å². The van der Waals surface area contributed by atoms with Crippen molar-refractivity contribution in [1.82, 2.24) is 10.6 Å². The lowest BCUT2D eigenvalue weighted by molar-refractivity contribution is -0.138. The van der Waals surface area contributed by atoms with Crippen LogP contribution in [0.25, 0.3) is 0 Å². The molecule has 0 aliphatic rings. The Bertz CT molecular complexity index is 774. The third-order valence-electron chi connectivity index (χ3n) is 3.27. The third kappa shape index (κ3) is 4.10. The van der Waals surface area contributed by atoms with Crippen LogP contribution in [-0.4, -0.2) is 24.8 Å². The Morgan fingerprint density at radius 2 is 1.67 bits per heavy atom. The summed E-state index contributed by atoms with van der Waals surface area (Å²) in [5.41, 5.74) is 6.71.